The lowest BCUT2D eigenvalue weighted by Crippen LogP contribution is -2.18. The number of amides is 1. The first kappa shape index (κ1) is 21.4. The van der Waals surface area contributed by atoms with Crippen molar-refractivity contribution in [3.8, 4) is 5.75 Å². The molecule has 5 aromatic rings. The second-order valence-electron chi connectivity index (χ2n) is 7.92. The van der Waals surface area contributed by atoms with Gasteiger partial charge >= 0.3 is 0 Å². The molecular formula is C27H21N3O4. The zero-order valence-electron chi connectivity index (χ0n) is 18.1. The van der Waals surface area contributed by atoms with E-state index < -0.39 is 5.91 Å². The average molecular weight is 451 g/mol. The Balaban J connectivity index is 1.50. The largest absolute Gasteiger partial charge is 0.488 e. The Morgan fingerprint density at radius 1 is 0.912 bits per heavy atom. The van der Waals surface area contributed by atoms with Gasteiger partial charge in [-0.1, -0.05) is 66.7 Å². The molecule has 7 nitrogen and oxygen atoms in total. The van der Waals surface area contributed by atoms with Gasteiger partial charge in [-0.05, 0) is 23.3 Å². The van der Waals surface area contributed by atoms with Crippen LogP contribution in [0.2, 0.25) is 0 Å². The van der Waals surface area contributed by atoms with Crippen molar-refractivity contribution < 1.29 is 14.7 Å². The van der Waals surface area contributed by atoms with Crippen molar-refractivity contribution in [2.75, 3.05) is 0 Å². The lowest BCUT2D eigenvalue weighted by atomic mass is 10.1. The number of benzene rings is 4. The molecule has 3 N–H and O–H groups in total. The molecule has 0 saturated heterocycles. The third kappa shape index (κ3) is 4.24. The van der Waals surface area contributed by atoms with Crippen molar-refractivity contribution in [3.63, 3.8) is 0 Å². The topological polar surface area (TPSA) is 104 Å². The molecule has 1 heterocycles. The van der Waals surface area contributed by atoms with Crippen LogP contribution in [0, 0.1) is 0 Å². The van der Waals surface area contributed by atoms with Gasteiger partial charge in [-0.2, -0.15) is 0 Å². The summed E-state index contributed by atoms with van der Waals surface area (Å²) in [4.78, 5) is 32.0. The van der Waals surface area contributed by atoms with Crippen LogP contribution in [-0.4, -0.2) is 21.1 Å². The molecule has 168 valence electrons. The fraction of sp³-hybridized carbons (Fsp3) is 0.0741. The summed E-state index contributed by atoms with van der Waals surface area (Å²) in [6, 6.07) is 26.1. The Morgan fingerprint density at radius 2 is 1.62 bits per heavy atom. The van der Waals surface area contributed by atoms with Gasteiger partial charge in [0.15, 0.2) is 0 Å². The number of carbonyl (C=O) groups excluding carboxylic acids is 1. The molecular weight excluding hydrogens is 430 g/mol. The molecule has 1 aromatic heterocycles. The van der Waals surface area contributed by atoms with E-state index >= 15 is 0 Å². The van der Waals surface area contributed by atoms with Crippen LogP contribution in [0.15, 0.2) is 89.7 Å². The number of H-pyrrole nitrogens is 1. The fourth-order valence-corrected chi connectivity index (χ4v) is 3.93. The molecule has 0 aliphatic heterocycles. The van der Waals surface area contributed by atoms with E-state index in [1.165, 1.54) is 0 Å². The molecule has 1 amide bonds. The van der Waals surface area contributed by atoms with Crippen LogP contribution in [0.4, 0.5) is 0 Å². The molecule has 7 heteroatoms. The lowest BCUT2D eigenvalue weighted by molar-refractivity contribution is 0.0706. The summed E-state index contributed by atoms with van der Waals surface area (Å²) < 4.78 is 6.11. The highest BCUT2D eigenvalue weighted by Crippen LogP contribution is 2.32. The maximum Gasteiger partial charge on any atom is 0.274 e. The predicted octanol–water partition coefficient (Wildman–Crippen LogP) is 4.37. The van der Waals surface area contributed by atoms with E-state index in [4.69, 9.17) is 14.9 Å². The maximum absolute atomic E-state index is 12.8. The summed E-state index contributed by atoms with van der Waals surface area (Å²) in [5.74, 6) is 0.0459. The van der Waals surface area contributed by atoms with E-state index in [0.717, 1.165) is 21.9 Å². The lowest BCUT2D eigenvalue weighted by Gasteiger charge is -2.13. The number of nitrogens with one attached hydrogen (secondary N) is 2. The highest BCUT2D eigenvalue weighted by atomic mass is 16.5. The van der Waals surface area contributed by atoms with Gasteiger partial charge in [0.1, 0.15) is 18.1 Å². The number of rotatable bonds is 6. The van der Waals surface area contributed by atoms with E-state index in [2.05, 4.69) is 4.98 Å². The molecule has 34 heavy (non-hydrogen) atoms. The summed E-state index contributed by atoms with van der Waals surface area (Å²) in [6.45, 7) is 0.264. The minimum Gasteiger partial charge on any atom is -0.488 e. The predicted molar refractivity (Wildman–Crippen MR) is 129 cm³/mol. The van der Waals surface area contributed by atoms with Gasteiger partial charge in [-0.15, -0.1) is 0 Å². The Morgan fingerprint density at radius 3 is 2.35 bits per heavy atom. The van der Waals surface area contributed by atoms with Gasteiger partial charge in [-0.25, -0.2) is 10.5 Å². The molecule has 0 aliphatic rings. The molecule has 0 fully saturated rings. The zero-order valence-corrected chi connectivity index (χ0v) is 18.1. The van der Waals surface area contributed by atoms with Gasteiger partial charge in [-0.3, -0.25) is 14.8 Å². The Kier molecular flexibility index (Phi) is 5.76. The molecule has 0 aliphatic carbocycles. The van der Waals surface area contributed by atoms with Crippen molar-refractivity contribution >= 4 is 27.7 Å². The van der Waals surface area contributed by atoms with Gasteiger partial charge < -0.3 is 9.72 Å². The molecule has 4 aromatic carbocycles. The zero-order chi connectivity index (χ0) is 23.5. The number of carbonyl (C=O) groups is 1. The standard InChI is InChI=1S/C27H21N3O4/c31-26(30-33)19-12-10-18(11-13-19)16-34-24-15-22-25(21-9-5-4-8-20(21)24)28-23(27(32)29-22)14-17-6-2-1-3-7-17/h1-13,15,33H,14,16H2,(H,29,32)(H,30,31). The van der Waals surface area contributed by atoms with Crippen LogP contribution in [0.1, 0.15) is 27.2 Å². The third-order valence-corrected chi connectivity index (χ3v) is 5.66. The number of aromatic nitrogens is 2. The smallest absolute Gasteiger partial charge is 0.274 e. The monoisotopic (exact) mass is 451 g/mol. The maximum atomic E-state index is 12.8. The van der Waals surface area contributed by atoms with Gasteiger partial charge in [0.05, 0.1) is 11.0 Å². The van der Waals surface area contributed by atoms with Crippen molar-refractivity contribution in [2.45, 2.75) is 13.0 Å². The first-order valence-electron chi connectivity index (χ1n) is 10.8. The summed E-state index contributed by atoms with van der Waals surface area (Å²) in [7, 11) is 0. The van der Waals surface area contributed by atoms with Crippen LogP contribution in [-0.2, 0) is 13.0 Å². The van der Waals surface area contributed by atoms with Crippen molar-refractivity contribution in [3.05, 3.63) is 118 Å². The van der Waals surface area contributed by atoms with Crippen molar-refractivity contribution in [2.24, 2.45) is 0 Å². The molecule has 0 saturated carbocycles. The van der Waals surface area contributed by atoms with Gasteiger partial charge in [0.2, 0.25) is 0 Å². The highest BCUT2D eigenvalue weighted by molar-refractivity contribution is 6.07. The van der Waals surface area contributed by atoms with E-state index in [1.807, 2.05) is 54.6 Å². The van der Waals surface area contributed by atoms with Crippen LogP contribution in [0.5, 0.6) is 5.75 Å². The van der Waals surface area contributed by atoms with Crippen LogP contribution in [0.3, 0.4) is 0 Å². The number of nitrogens with zero attached hydrogens (tertiary/aromatic N) is 1. The minimum absolute atomic E-state index is 0.227. The summed E-state index contributed by atoms with van der Waals surface area (Å²) in [5.41, 5.74) is 5.38. The molecule has 0 radical (unpaired) electrons. The number of aromatic amines is 1. The summed E-state index contributed by atoms with van der Waals surface area (Å²) in [5, 5.41) is 10.5. The first-order valence-corrected chi connectivity index (χ1v) is 10.8. The van der Waals surface area contributed by atoms with E-state index in [-0.39, 0.29) is 12.2 Å². The number of ether oxygens (including phenoxy) is 1. The van der Waals surface area contributed by atoms with Crippen LogP contribution in [0.25, 0.3) is 21.8 Å². The quantitative estimate of drug-likeness (QED) is 0.202. The molecule has 0 bridgehead atoms. The molecule has 5 rings (SSSR count). The Labute approximate surface area is 194 Å². The van der Waals surface area contributed by atoms with E-state index in [1.54, 1.807) is 35.8 Å². The first-order chi connectivity index (χ1) is 16.6. The number of hydrogen-bond donors (Lipinski definition) is 3. The van der Waals surface area contributed by atoms with Crippen molar-refractivity contribution in [1.29, 1.82) is 0 Å². The number of hydrogen-bond acceptors (Lipinski definition) is 5. The van der Waals surface area contributed by atoms with E-state index in [0.29, 0.717) is 34.5 Å². The molecule has 0 spiro atoms. The minimum atomic E-state index is -0.573. The van der Waals surface area contributed by atoms with E-state index in [9.17, 15) is 9.59 Å². The highest BCUT2D eigenvalue weighted by Gasteiger charge is 2.13. The summed E-state index contributed by atoms with van der Waals surface area (Å²) >= 11 is 0. The third-order valence-electron chi connectivity index (χ3n) is 5.66. The number of fused-ring (bicyclic) bond motifs is 3. The second kappa shape index (κ2) is 9.17. The SMILES string of the molecule is O=C(NO)c1ccc(COc2cc3[nH]c(=O)c(Cc4ccccc4)nc3c3ccccc23)cc1. The summed E-state index contributed by atoms with van der Waals surface area (Å²) in [6.07, 6.45) is 0.447. The number of hydroxylamine groups is 1. The van der Waals surface area contributed by atoms with Crippen LogP contribution >= 0.6 is 0 Å². The Hall–Kier alpha value is -4.49. The Bertz CT molecular complexity index is 1540. The van der Waals surface area contributed by atoms with Crippen molar-refractivity contribution in [1.82, 2.24) is 15.4 Å². The fourth-order valence-electron chi connectivity index (χ4n) is 3.93. The molecule has 0 atom stereocenters. The van der Waals surface area contributed by atoms with Gasteiger partial charge in [0, 0.05) is 28.8 Å². The second-order valence-corrected chi connectivity index (χ2v) is 7.92. The van der Waals surface area contributed by atoms with Crippen LogP contribution < -0.4 is 15.8 Å². The molecule has 0 unspecified atom stereocenters. The van der Waals surface area contributed by atoms with Gasteiger partial charge in [0.25, 0.3) is 11.5 Å². The average Bonchev–Trinajstić information content (AvgIpc) is 2.88. The normalized spacial score (nSPS) is 11.0.